The third kappa shape index (κ3) is 1.41. The van der Waals surface area contributed by atoms with E-state index in [0.29, 0.717) is 5.92 Å². The zero-order chi connectivity index (χ0) is 9.42. The third-order valence-corrected chi connectivity index (χ3v) is 3.42. The minimum atomic E-state index is 0.714. The second kappa shape index (κ2) is 3.21. The minimum absolute atomic E-state index is 0.714. The molecule has 0 aromatic rings. The van der Waals surface area contributed by atoms with E-state index >= 15 is 0 Å². The Kier molecular flexibility index (Phi) is 2.19. The molecule has 1 fully saturated rings. The molecule has 0 spiro atoms. The molecule has 0 N–H and O–H groups in total. The van der Waals surface area contributed by atoms with Crippen LogP contribution in [0.25, 0.3) is 0 Å². The van der Waals surface area contributed by atoms with Gasteiger partial charge in [-0.2, -0.15) is 0 Å². The standard InChI is InChI=1S/C12H19N/c1-4-13-6-5-11-7-9(2)10(3)8-12(11)13/h7-10H,4-6H2,1-3H3. The molecule has 1 aliphatic heterocycles. The lowest BCUT2D eigenvalue weighted by Gasteiger charge is -2.25. The van der Waals surface area contributed by atoms with Crippen molar-refractivity contribution in [3.8, 4) is 0 Å². The van der Waals surface area contributed by atoms with Gasteiger partial charge in [0, 0.05) is 18.8 Å². The lowest BCUT2D eigenvalue weighted by Crippen LogP contribution is -2.20. The maximum Gasteiger partial charge on any atom is 0.0358 e. The summed E-state index contributed by atoms with van der Waals surface area (Å²) in [5.74, 6) is 1.45. The molecule has 13 heavy (non-hydrogen) atoms. The van der Waals surface area contributed by atoms with Crippen LogP contribution in [0.3, 0.4) is 0 Å². The fourth-order valence-electron chi connectivity index (χ4n) is 2.29. The van der Waals surface area contributed by atoms with Crippen molar-refractivity contribution >= 4 is 0 Å². The smallest absolute Gasteiger partial charge is 0.0358 e. The van der Waals surface area contributed by atoms with Gasteiger partial charge >= 0.3 is 0 Å². The van der Waals surface area contributed by atoms with Crippen molar-refractivity contribution in [2.24, 2.45) is 11.8 Å². The largest absolute Gasteiger partial charge is 0.372 e. The van der Waals surface area contributed by atoms with Crippen molar-refractivity contribution in [3.63, 3.8) is 0 Å². The van der Waals surface area contributed by atoms with Crippen LogP contribution >= 0.6 is 0 Å². The molecule has 0 aromatic heterocycles. The zero-order valence-corrected chi connectivity index (χ0v) is 8.88. The first kappa shape index (κ1) is 8.86. The summed E-state index contributed by atoms with van der Waals surface area (Å²) in [6.07, 6.45) is 6.18. The van der Waals surface area contributed by atoms with Gasteiger partial charge in [-0.15, -0.1) is 0 Å². The van der Waals surface area contributed by atoms with E-state index in [-0.39, 0.29) is 0 Å². The molecule has 2 rings (SSSR count). The topological polar surface area (TPSA) is 3.24 Å². The Labute approximate surface area is 81.1 Å². The van der Waals surface area contributed by atoms with Gasteiger partial charge < -0.3 is 4.90 Å². The second-order valence-corrected chi connectivity index (χ2v) is 4.29. The monoisotopic (exact) mass is 177 g/mol. The SMILES string of the molecule is CCN1CCC2=CC(C)C(C)C=C21. The van der Waals surface area contributed by atoms with Gasteiger partial charge in [-0.1, -0.05) is 26.0 Å². The van der Waals surface area contributed by atoms with Crippen molar-refractivity contribution in [2.75, 3.05) is 13.1 Å². The molecule has 1 heterocycles. The van der Waals surface area contributed by atoms with Crippen LogP contribution in [0.4, 0.5) is 0 Å². The highest BCUT2D eigenvalue weighted by molar-refractivity contribution is 5.38. The Bertz CT molecular complexity index is 262. The minimum Gasteiger partial charge on any atom is -0.372 e. The van der Waals surface area contributed by atoms with E-state index in [0.717, 1.165) is 12.5 Å². The van der Waals surface area contributed by atoms with Gasteiger partial charge in [-0.25, -0.2) is 0 Å². The fraction of sp³-hybridized carbons (Fsp3) is 0.667. The lowest BCUT2D eigenvalue weighted by molar-refractivity contribution is 0.406. The Morgan fingerprint density at radius 3 is 2.69 bits per heavy atom. The van der Waals surface area contributed by atoms with Crippen LogP contribution in [-0.2, 0) is 0 Å². The van der Waals surface area contributed by atoms with Crippen LogP contribution in [0.2, 0.25) is 0 Å². The normalized spacial score (nSPS) is 32.7. The van der Waals surface area contributed by atoms with Gasteiger partial charge in [0.15, 0.2) is 0 Å². The van der Waals surface area contributed by atoms with Crippen LogP contribution in [-0.4, -0.2) is 18.0 Å². The van der Waals surface area contributed by atoms with Crippen molar-refractivity contribution < 1.29 is 0 Å². The zero-order valence-electron chi connectivity index (χ0n) is 8.88. The number of nitrogens with zero attached hydrogens (tertiary/aromatic N) is 1. The van der Waals surface area contributed by atoms with E-state index in [9.17, 15) is 0 Å². The molecule has 1 saturated heterocycles. The molecule has 0 saturated carbocycles. The van der Waals surface area contributed by atoms with Crippen molar-refractivity contribution in [1.29, 1.82) is 0 Å². The van der Waals surface area contributed by atoms with E-state index in [1.807, 2.05) is 0 Å². The van der Waals surface area contributed by atoms with Gasteiger partial charge in [0.25, 0.3) is 0 Å². The Morgan fingerprint density at radius 1 is 1.31 bits per heavy atom. The van der Waals surface area contributed by atoms with Gasteiger partial charge in [-0.3, -0.25) is 0 Å². The van der Waals surface area contributed by atoms with Gasteiger partial charge in [0.1, 0.15) is 0 Å². The molecule has 0 aromatic carbocycles. The molecule has 1 heteroatoms. The summed E-state index contributed by atoms with van der Waals surface area (Å²) in [7, 11) is 0. The number of likely N-dealkylation sites (tertiary alicyclic amines) is 1. The third-order valence-electron chi connectivity index (χ3n) is 3.42. The quantitative estimate of drug-likeness (QED) is 0.595. The van der Waals surface area contributed by atoms with Crippen LogP contribution in [0.15, 0.2) is 23.4 Å². The van der Waals surface area contributed by atoms with E-state index in [1.165, 1.54) is 18.7 Å². The molecule has 72 valence electrons. The fourth-order valence-corrected chi connectivity index (χ4v) is 2.29. The number of likely N-dealkylation sites (N-methyl/N-ethyl adjacent to an activating group) is 1. The molecule has 1 nitrogen and oxygen atoms in total. The highest BCUT2D eigenvalue weighted by atomic mass is 15.2. The van der Waals surface area contributed by atoms with Crippen LogP contribution in [0.1, 0.15) is 27.2 Å². The summed E-state index contributed by atoms with van der Waals surface area (Å²) >= 11 is 0. The molecule has 2 atom stereocenters. The summed E-state index contributed by atoms with van der Waals surface area (Å²) in [5.41, 5.74) is 3.11. The van der Waals surface area contributed by atoms with E-state index in [1.54, 1.807) is 5.57 Å². The highest BCUT2D eigenvalue weighted by Gasteiger charge is 2.26. The van der Waals surface area contributed by atoms with Crippen molar-refractivity contribution in [1.82, 2.24) is 4.90 Å². The van der Waals surface area contributed by atoms with Crippen molar-refractivity contribution in [2.45, 2.75) is 27.2 Å². The van der Waals surface area contributed by atoms with Gasteiger partial charge in [-0.05, 0) is 30.8 Å². The number of hydrogen-bond donors (Lipinski definition) is 0. The summed E-state index contributed by atoms with van der Waals surface area (Å²) in [5, 5.41) is 0. The average molecular weight is 177 g/mol. The first-order valence-electron chi connectivity index (χ1n) is 5.40. The van der Waals surface area contributed by atoms with Crippen LogP contribution in [0.5, 0.6) is 0 Å². The molecule has 0 amide bonds. The molecule has 2 aliphatic rings. The number of rotatable bonds is 1. The van der Waals surface area contributed by atoms with E-state index in [4.69, 9.17) is 0 Å². The Hall–Kier alpha value is -0.720. The molecule has 0 bridgehead atoms. The summed E-state index contributed by atoms with van der Waals surface area (Å²) < 4.78 is 0. The number of allylic oxidation sites excluding steroid dienone is 3. The van der Waals surface area contributed by atoms with Crippen LogP contribution < -0.4 is 0 Å². The maximum atomic E-state index is 2.49. The molecule has 0 radical (unpaired) electrons. The number of fused-ring (bicyclic) bond motifs is 1. The average Bonchev–Trinajstić information content (AvgIpc) is 2.48. The molecular weight excluding hydrogens is 158 g/mol. The number of hydrogen-bond acceptors (Lipinski definition) is 1. The Balaban J connectivity index is 2.27. The Morgan fingerprint density at radius 2 is 2.00 bits per heavy atom. The summed E-state index contributed by atoms with van der Waals surface area (Å²) in [6, 6.07) is 0. The molecular formula is C12H19N. The van der Waals surface area contributed by atoms with Gasteiger partial charge in [0.05, 0.1) is 0 Å². The summed E-state index contributed by atoms with van der Waals surface area (Å²) in [6.45, 7) is 9.26. The van der Waals surface area contributed by atoms with E-state index < -0.39 is 0 Å². The second-order valence-electron chi connectivity index (χ2n) is 4.29. The maximum absolute atomic E-state index is 2.49. The van der Waals surface area contributed by atoms with Crippen molar-refractivity contribution in [3.05, 3.63) is 23.4 Å². The first-order chi connectivity index (χ1) is 6.22. The summed E-state index contributed by atoms with van der Waals surface area (Å²) in [4.78, 5) is 2.49. The molecule has 2 unspecified atom stereocenters. The predicted octanol–water partition coefficient (Wildman–Crippen LogP) is 2.81. The highest BCUT2D eigenvalue weighted by Crippen LogP contribution is 2.35. The lowest BCUT2D eigenvalue weighted by atomic mass is 9.87. The molecule has 1 aliphatic carbocycles. The van der Waals surface area contributed by atoms with E-state index in [2.05, 4.69) is 37.8 Å². The predicted molar refractivity (Wildman–Crippen MR) is 56.4 cm³/mol. The van der Waals surface area contributed by atoms with Gasteiger partial charge in [0.2, 0.25) is 0 Å². The first-order valence-corrected chi connectivity index (χ1v) is 5.40. The van der Waals surface area contributed by atoms with Crippen LogP contribution in [0, 0.1) is 11.8 Å².